The van der Waals surface area contributed by atoms with Crippen molar-refractivity contribution in [3.63, 3.8) is 0 Å². The molecule has 0 radical (unpaired) electrons. The number of benzene rings is 3. The minimum absolute atomic E-state index is 0.0335. The first-order valence-corrected chi connectivity index (χ1v) is 24.0. The summed E-state index contributed by atoms with van der Waals surface area (Å²) in [6, 6.07) is 17.9. The maximum atomic E-state index is 14.9. The SMILES string of the molecule is CCCC1(Oc2ccc(-c3nc(C)c(C(=O)C[C@@H](CCN)C(=O)N(C)[C@@H]4C(=O)C[C@@H](C)C(=O)N[C@H](C(=O)CCC#N)Cc5ccc(OCCN)c(c5)-c5cc4ccc5OCCN)c(C)n3)cc2)CC1. The average Bonchev–Trinajstić information content (AvgIpc) is 4.09. The number of ether oxygens (including phenoxy) is 3. The van der Waals surface area contributed by atoms with Crippen molar-refractivity contribution in [3.8, 4) is 45.8 Å². The van der Waals surface area contributed by atoms with Crippen molar-refractivity contribution in [2.24, 2.45) is 29.0 Å². The van der Waals surface area contributed by atoms with E-state index in [0.29, 0.717) is 56.5 Å². The molecule has 2 amide bonds. The van der Waals surface area contributed by atoms with E-state index in [4.69, 9.17) is 41.4 Å². The molecule has 1 aromatic heterocycles. The van der Waals surface area contributed by atoms with Gasteiger partial charge >= 0.3 is 0 Å². The Kier molecular flexibility index (Phi) is 17.8. The molecule has 4 bridgehead atoms. The van der Waals surface area contributed by atoms with Crippen molar-refractivity contribution in [2.45, 2.75) is 110 Å². The van der Waals surface area contributed by atoms with Gasteiger partial charge in [0.25, 0.3) is 0 Å². The Morgan fingerprint density at radius 2 is 1.54 bits per heavy atom. The summed E-state index contributed by atoms with van der Waals surface area (Å²) in [7, 11) is 1.50. The molecule has 1 fully saturated rings. The Morgan fingerprint density at radius 3 is 2.13 bits per heavy atom. The van der Waals surface area contributed by atoms with E-state index in [0.717, 1.165) is 37.0 Å². The molecule has 3 aromatic carbocycles. The minimum atomic E-state index is -1.25. The fourth-order valence-corrected chi connectivity index (χ4v) is 9.14. The zero-order valence-electron chi connectivity index (χ0n) is 40.5. The van der Waals surface area contributed by atoms with Gasteiger partial charge in [-0.25, -0.2) is 9.97 Å². The number of likely N-dealkylation sites (N-methyl/N-ethyl adjacent to an activating group) is 1. The highest BCUT2D eigenvalue weighted by Gasteiger charge is 2.44. The molecule has 0 saturated heterocycles. The Labute approximate surface area is 404 Å². The van der Waals surface area contributed by atoms with Crippen LogP contribution in [0, 0.1) is 37.0 Å². The maximum absolute atomic E-state index is 14.9. The molecule has 69 heavy (non-hydrogen) atoms. The van der Waals surface area contributed by atoms with Crippen molar-refractivity contribution >= 4 is 29.2 Å². The lowest BCUT2D eigenvalue weighted by molar-refractivity contribution is -0.142. The summed E-state index contributed by atoms with van der Waals surface area (Å²) >= 11 is 0. The van der Waals surface area contributed by atoms with Gasteiger partial charge in [-0.2, -0.15) is 5.26 Å². The summed E-state index contributed by atoms with van der Waals surface area (Å²) in [6.45, 7) is 8.06. The minimum Gasteiger partial charge on any atom is -0.492 e. The van der Waals surface area contributed by atoms with Crippen molar-refractivity contribution in [2.75, 3.05) is 39.9 Å². The standard InChI is InChI=1S/C53H66N8O8/c1-6-18-53(19-20-53)69-39-13-10-36(11-14-39)50-58-33(3)48(34(4)59-50)44(63)31-38(17-22-55)52(66)61(5)49-37-12-16-47(68-26-24-57)41(30-37)40-28-35(9-15-46(40)67-25-23-56)29-42(43(62)8-7-21-54)60-51(65)32(2)27-45(49)64/h9-16,28,30,32,38,42,49H,6-8,17-20,22-27,29,31,55-57H2,1-5H3,(H,60,65)/t32-,38-,42+,49+/m1/s1. The normalized spacial score (nSPS) is 17.9. The first-order chi connectivity index (χ1) is 33.2. The number of carbonyl (C=O) groups is 5. The quantitative estimate of drug-likeness (QED) is 0.0693. The van der Waals surface area contributed by atoms with E-state index in [1.807, 2.05) is 36.4 Å². The van der Waals surface area contributed by atoms with Crippen LogP contribution >= 0.6 is 0 Å². The van der Waals surface area contributed by atoms with E-state index in [2.05, 4.69) is 12.2 Å². The van der Waals surface area contributed by atoms with Gasteiger partial charge in [0.05, 0.1) is 29.1 Å². The number of fused-ring (bicyclic) bond motifs is 5. The molecule has 6 rings (SSSR count). The van der Waals surface area contributed by atoms with Crippen molar-refractivity contribution in [1.82, 2.24) is 20.2 Å². The van der Waals surface area contributed by atoms with Crippen LogP contribution in [-0.2, 0) is 25.6 Å². The third-order valence-corrected chi connectivity index (χ3v) is 12.8. The van der Waals surface area contributed by atoms with Gasteiger partial charge in [-0.15, -0.1) is 0 Å². The number of aromatic nitrogens is 2. The number of carbonyl (C=O) groups excluding carboxylic acids is 5. The van der Waals surface area contributed by atoms with Crippen LogP contribution in [0.3, 0.4) is 0 Å². The van der Waals surface area contributed by atoms with Crippen LogP contribution in [0.4, 0.5) is 0 Å². The fourth-order valence-electron chi connectivity index (χ4n) is 9.14. The second-order valence-corrected chi connectivity index (χ2v) is 18.2. The molecular formula is C53H66N8O8. The van der Waals surface area contributed by atoms with E-state index in [9.17, 15) is 29.2 Å². The van der Waals surface area contributed by atoms with Crippen molar-refractivity contribution < 1.29 is 38.2 Å². The summed E-state index contributed by atoms with van der Waals surface area (Å²) in [5.41, 5.74) is 21.9. The predicted molar refractivity (Wildman–Crippen MR) is 261 cm³/mol. The van der Waals surface area contributed by atoms with Crippen LogP contribution in [0.15, 0.2) is 60.7 Å². The maximum Gasteiger partial charge on any atom is 0.226 e. The smallest absolute Gasteiger partial charge is 0.226 e. The molecule has 7 N–H and O–H groups in total. The first kappa shape index (κ1) is 51.8. The summed E-state index contributed by atoms with van der Waals surface area (Å²) in [4.78, 5) is 82.1. The van der Waals surface area contributed by atoms with Crippen molar-refractivity contribution in [3.05, 3.63) is 88.7 Å². The first-order valence-electron chi connectivity index (χ1n) is 24.0. The lowest BCUT2D eigenvalue weighted by atomic mass is 9.88. The number of hydrogen-bond acceptors (Lipinski definition) is 14. The summed E-state index contributed by atoms with van der Waals surface area (Å²) in [6.07, 6.45) is 3.74. The van der Waals surface area contributed by atoms with Gasteiger partial charge in [0.1, 0.15) is 42.1 Å². The predicted octanol–water partition coefficient (Wildman–Crippen LogP) is 6.06. The average molecular weight is 943 g/mol. The van der Waals surface area contributed by atoms with Crippen LogP contribution in [0.25, 0.3) is 22.5 Å². The molecule has 0 spiro atoms. The van der Waals surface area contributed by atoms with Gasteiger partial charge in [0, 0.05) is 74.3 Å². The third kappa shape index (κ3) is 12.8. The second-order valence-electron chi connectivity index (χ2n) is 18.2. The van der Waals surface area contributed by atoms with Crippen LogP contribution < -0.4 is 36.7 Å². The van der Waals surface area contributed by atoms with E-state index < -0.39 is 41.5 Å². The second kappa shape index (κ2) is 23.7. The number of hydrogen-bond donors (Lipinski definition) is 4. The number of nitrogens with one attached hydrogen (secondary N) is 1. The van der Waals surface area contributed by atoms with Gasteiger partial charge in [0.2, 0.25) is 11.8 Å². The lowest BCUT2D eigenvalue weighted by Crippen LogP contribution is -2.46. The number of Topliss-reactive ketones (excluding diaryl/α,β-unsaturated/α-hetero) is 3. The zero-order chi connectivity index (χ0) is 49.8. The molecule has 1 saturated carbocycles. The highest BCUT2D eigenvalue weighted by Crippen LogP contribution is 2.44. The van der Waals surface area contributed by atoms with Crippen LogP contribution in [0.1, 0.15) is 111 Å². The molecule has 2 heterocycles. The van der Waals surface area contributed by atoms with Gasteiger partial charge in [-0.1, -0.05) is 32.4 Å². The van der Waals surface area contributed by atoms with Gasteiger partial charge < -0.3 is 41.6 Å². The molecule has 16 nitrogen and oxygen atoms in total. The van der Waals surface area contributed by atoms with E-state index in [1.54, 1.807) is 51.1 Å². The number of amides is 2. The monoisotopic (exact) mass is 943 g/mol. The van der Waals surface area contributed by atoms with Crippen molar-refractivity contribution in [1.29, 1.82) is 5.26 Å². The number of ketones is 3. The van der Waals surface area contributed by atoms with E-state index in [-0.39, 0.29) is 88.5 Å². The van der Waals surface area contributed by atoms with Crippen LogP contribution in [0.2, 0.25) is 0 Å². The molecule has 0 unspecified atom stereocenters. The van der Waals surface area contributed by atoms with Gasteiger partial charge in [-0.05, 0) is 112 Å². The largest absolute Gasteiger partial charge is 0.492 e. The number of nitrogens with two attached hydrogens (primary N) is 3. The number of nitrogens with zero attached hydrogens (tertiary/aromatic N) is 4. The number of aryl methyl sites for hydroxylation is 2. The van der Waals surface area contributed by atoms with E-state index in [1.165, 1.54) is 11.9 Å². The fraction of sp³-hybridized carbons (Fsp3) is 0.472. The lowest BCUT2D eigenvalue weighted by Gasteiger charge is -2.32. The molecule has 2 aliphatic rings. The molecule has 1 aliphatic carbocycles. The van der Waals surface area contributed by atoms with Gasteiger partial charge in [0.15, 0.2) is 23.2 Å². The van der Waals surface area contributed by atoms with E-state index >= 15 is 0 Å². The van der Waals surface area contributed by atoms with Gasteiger partial charge in [-0.3, -0.25) is 24.0 Å². The highest BCUT2D eigenvalue weighted by atomic mass is 16.5. The molecule has 4 atom stereocenters. The summed E-state index contributed by atoms with van der Waals surface area (Å²) in [5.74, 6) is -1.96. The Balaban J connectivity index is 1.35. The summed E-state index contributed by atoms with van der Waals surface area (Å²) < 4.78 is 18.6. The molecule has 16 heteroatoms. The number of rotatable bonds is 21. The molecular weight excluding hydrogens is 877 g/mol. The Bertz CT molecular complexity index is 2530. The molecule has 4 aromatic rings. The Hall–Kier alpha value is -6.54. The van der Waals surface area contributed by atoms with Crippen LogP contribution in [0.5, 0.6) is 17.2 Å². The summed E-state index contributed by atoms with van der Waals surface area (Å²) in [5, 5.41) is 12.1. The topological polar surface area (TPSA) is 256 Å². The number of nitriles is 1. The third-order valence-electron chi connectivity index (χ3n) is 12.8. The van der Waals surface area contributed by atoms with Crippen LogP contribution in [-0.4, -0.2) is 95.6 Å². The highest BCUT2D eigenvalue weighted by molar-refractivity contribution is 6.01. The molecule has 366 valence electrons. The Morgan fingerprint density at radius 1 is 0.899 bits per heavy atom. The zero-order valence-corrected chi connectivity index (χ0v) is 40.5. The molecule has 1 aliphatic heterocycles.